The van der Waals surface area contributed by atoms with Gasteiger partial charge in [0.25, 0.3) is 5.56 Å². The summed E-state index contributed by atoms with van der Waals surface area (Å²) in [5, 5.41) is 0. The van der Waals surface area contributed by atoms with Crippen molar-refractivity contribution in [2.45, 2.75) is 37.8 Å². The van der Waals surface area contributed by atoms with Crippen molar-refractivity contribution in [2.24, 2.45) is 5.73 Å². The van der Waals surface area contributed by atoms with E-state index in [2.05, 4.69) is 37.2 Å². The second-order valence-electron chi connectivity index (χ2n) is 9.01. The van der Waals surface area contributed by atoms with E-state index in [9.17, 15) is 14.2 Å². The molecule has 222 valence electrons. The van der Waals surface area contributed by atoms with Crippen molar-refractivity contribution < 1.29 is 36.6 Å². The number of H-pyrrole nitrogens is 1. The average molecular weight is 641 g/mol. The van der Waals surface area contributed by atoms with Gasteiger partial charge in [-0.1, -0.05) is 12.2 Å². The Balaban J connectivity index is 1.35. The minimum atomic E-state index is -4.31. The molecule has 17 nitrogen and oxygen atoms in total. The Kier molecular flexibility index (Phi) is 7.74. The number of rotatable bonds is 2. The second kappa shape index (κ2) is 11.3. The smallest absolute Gasteiger partial charge is 0.387 e. The summed E-state index contributed by atoms with van der Waals surface area (Å²) < 4.78 is 60.0. The summed E-state index contributed by atoms with van der Waals surface area (Å²) >= 11 is 4.07. The fourth-order valence-electron chi connectivity index (χ4n) is 4.49. The minimum Gasteiger partial charge on any atom is -0.458 e. The van der Waals surface area contributed by atoms with Crippen molar-refractivity contribution in [3.63, 3.8) is 0 Å². The number of hydrogen-bond acceptors (Lipinski definition) is 13. The lowest BCUT2D eigenvalue weighted by molar-refractivity contribution is -0.0183. The first-order chi connectivity index (χ1) is 20.1. The summed E-state index contributed by atoms with van der Waals surface area (Å²) in [4.78, 5) is 43.0. The van der Waals surface area contributed by atoms with Gasteiger partial charge in [-0.25, -0.2) is 23.9 Å². The van der Waals surface area contributed by atoms with E-state index in [1.54, 1.807) is 4.57 Å². The van der Waals surface area contributed by atoms with Crippen molar-refractivity contribution in [3.05, 3.63) is 52.7 Å². The summed E-state index contributed by atoms with van der Waals surface area (Å²) in [5.41, 5.74) is 11.2. The molecule has 2 unspecified atom stereocenters. The number of aromatic nitrogens is 7. The predicted octanol–water partition coefficient (Wildman–Crippen LogP) is 1.49. The molecule has 4 aromatic rings. The van der Waals surface area contributed by atoms with E-state index in [0.29, 0.717) is 11.2 Å². The number of anilines is 1. The van der Waals surface area contributed by atoms with Crippen LogP contribution in [-0.4, -0.2) is 64.9 Å². The number of imidazole rings is 2. The lowest BCUT2D eigenvalue weighted by atomic mass is 10.1. The topological polar surface area (TPSA) is 227 Å². The third-order valence-corrected chi connectivity index (χ3v) is 8.50. The Bertz CT molecular complexity index is 1820. The molecule has 6 heterocycles. The molecular formula is C21H22FN9O8P2S. The normalized spacial score (nSPS) is 28.5. The SMILES string of the molecule is NC(=O)c1cnc2c(c1)nc1n2CCOPO/C=C/[C@H]2O[C@@H](n3cnc4c(=O)[nH]c(N)nc43)[C@H](OP(=O)(S)OC1)[C@@H]2F. The Morgan fingerprint density at radius 3 is 2.93 bits per heavy atom. The summed E-state index contributed by atoms with van der Waals surface area (Å²) in [5.74, 6) is -0.655. The van der Waals surface area contributed by atoms with Crippen LogP contribution in [0.4, 0.5) is 10.3 Å². The third kappa shape index (κ3) is 5.51. The van der Waals surface area contributed by atoms with Crippen molar-refractivity contribution in [1.29, 1.82) is 0 Å². The molecule has 0 aliphatic carbocycles. The molecule has 2 bridgehead atoms. The number of alkyl halides is 1. The molecule has 0 spiro atoms. The molecule has 5 N–H and O–H groups in total. The zero-order chi connectivity index (χ0) is 29.6. The molecule has 6 rings (SSSR count). The van der Waals surface area contributed by atoms with Crippen LogP contribution >= 0.6 is 28.1 Å². The molecule has 1 fully saturated rings. The summed E-state index contributed by atoms with van der Waals surface area (Å²) in [6, 6.07) is 1.45. The fourth-order valence-corrected chi connectivity index (χ4v) is 6.24. The number of carbonyl (C=O) groups excluding carboxylic acids is 1. The number of carbonyl (C=O) groups is 1. The molecule has 6 atom stereocenters. The van der Waals surface area contributed by atoms with Crippen LogP contribution in [0.3, 0.4) is 0 Å². The number of pyridine rings is 1. The van der Waals surface area contributed by atoms with Crippen LogP contribution < -0.4 is 17.0 Å². The molecule has 0 radical (unpaired) electrons. The zero-order valence-corrected chi connectivity index (χ0v) is 24.0. The minimum absolute atomic E-state index is 0.0184. The number of fused-ring (bicyclic) bond motifs is 6. The standard InChI is InChI=1S/C21H22FN9O8P2S/c22-13-11-1-3-35-40-36-4-2-30-12(27-10-5-9(16(23)32)6-25-17(10)30)7-37-41(34,42)39-15(13)20(38-11)31-8-26-14-18(31)28-21(24)29-19(14)33/h1,3,5-6,8,11,13,15,20,40H,2,4,7H2,(H2,23,32)(H,34,42)(H3,24,28,29,33)/b3-1+/t11-,13-,15-,20-,41?/m1/s1. The number of nitrogens with zero attached hydrogens (tertiary/aromatic N) is 6. The van der Waals surface area contributed by atoms with E-state index in [-0.39, 0.29) is 41.7 Å². The quantitative estimate of drug-likeness (QED) is 0.180. The van der Waals surface area contributed by atoms with Gasteiger partial charge in [0, 0.05) is 12.7 Å². The molecule has 0 saturated carbocycles. The van der Waals surface area contributed by atoms with Gasteiger partial charge in [0.1, 0.15) is 30.2 Å². The molecule has 42 heavy (non-hydrogen) atoms. The molecular weight excluding hydrogens is 619 g/mol. The Labute approximate surface area is 241 Å². The molecule has 1 amide bonds. The van der Waals surface area contributed by atoms with Crippen molar-refractivity contribution in [3.8, 4) is 0 Å². The maximum absolute atomic E-state index is 15.8. The van der Waals surface area contributed by atoms with Gasteiger partial charge in [0.15, 0.2) is 29.2 Å². The Hall–Kier alpha value is -3.44. The van der Waals surface area contributed by atoms with E-state index in [1.807, 2.05) is 0 Å². The Morgan fingerprint density at radius 1 is 1.29 bits per heavy atom. The average Bonchev–Trinajstić information content (AvgIpc) is 3.60. The highest BCUT2D eigenvalue weighted by atomic mass is 32.7. The van der Waals surface area contributed by atoms with Crippen LogP contribution in [-0.2, 0) is 40.5 Å². The number of hydrogen-bond donors (Lipinski definition) is 4. The van der Waals surface area contributed by atoms with E-state index >= 15 is 4.39 Å². The first kappa shape index (κ1) is 28.7. The van der Waals surface area contributed by atoms with Crippen LogP contribution in [0.2, 0.25) is 0 Å². The number of nitrogens with two attached hydrogens (primary N) is 2. The highest BCUT2D eigenvalue weighted by molar-refractivity contribution is 8.44. The maximum atomic E-state index is 15.8. The molecule has 1 saturated heterocycles. The number of amides is 1. The van der Waals surface area contributed by atoms with Gasteiger partial charge < -0.3 is 29.8 Å². The van der Waals surface area contributed by atoms with Crippen LogP contribution in [0, 0.1) is 0 Å². The first-order valence-corrected chi connectivity index (χ1v) is 15.6. The molecule has 2 aliphatic rings. The zero-order valence-electron chi connectivity index (χ0n) is 21.2. The number of aromatic amines is 1. The highest BCUT2D eigenvalue weighted by Gasteiger charge is 2.49. The van der Waals surface area contributed by atoms with E-state index in [0.717, 1.165) is 0 Å². The largest absolute Gasteiger partial charge is 0.458 e. The monoisotopic (exact) mass is 641 g/mol. The lowest BCUT2D eigenvalue weighted by Gasteiger charge is -2.24. The second-order valence-corrected chi connectivity index (χ2v) is 12.6. The van der Waals surface area contributed by atoms with E-state index in [4.69, 9.17) is 34.3 Å². The number of nitrogen functional groups attached to an aromatic ring is 1. The third-order valence-electron chi connectivity index (χ3n) is 6.35. The maximum Gasteiger partial charge on any atom is 0.387 e. The van der Waals surface area contributed by atoms with Crippen LogP contribution in [0.25, 0.3) is 22.3 Å². The number of nitrogens with one attached hydrogen (secondary N) is 1. The number of thiol groups is 1. The number of primary amides is 1. The van der Waals surface area contributed by atoms with Crippen LogP contribution in [0.1, 0.15) is 22.4 Å². The molecule has 2 aliphatic heterocycles. The van der Waals surface area contributed by atoms with Gasteiger partial charge in [0.05, 0.1) is 24.8 Å². The Morgan fingerprint density at radius 2 is 2.12 bits per heavy atom. The number of halogens is 1. The van der Waals surface area contributed by atoms with Gasteiger partial charge in [-0.3, -0.25) is 28.2 Å². The molecule has 4 aromatic heterocycles. The molecule has 0 aromatic carbocycles. The lowest BCUT2D eigenvalue weighted by Crippen LogP contribution is -2.30. The molecule has 21 heteroatoms. The van der Waals surface area contributed by atoms with Crippen molar-refractivity contribution in [2.75, 3.05) is 12.3 Å². The summed E-state index contributed by atoms with van der Waals surface area (Å²) in [6.07, 6.45) is -1.05. The summed E-state index contributed by atoms with van der Waals surface area (Å²) in [6.45, 7) is -4.33. The first-order valence-electron chi connectivity index (χ1n) is 12.1. The van der Waals surface area contributed by atoms with Gasteiger partial charge in [-0.05, 0) is 12.1 Å². The number of ether oxygens (including phenoxy) is 1. The van der Waals surface area contributed by atoms with Crippen molar-refractivity contribution >= 4 is 62.3 Å². The van der Waals surface area contributed by atoms with Crippen LogP contribution in [0.15, 0.2) is 35.7 Å². The van der Waals surface area contributed by atoms with Crippen molar-refractivity contribution in [1.82, 2.24) is 34.1 Å². The predicted molar refractivity (Wildman–Crippen MR) is 148 cm³/mol. The van der Waals surface area contributed by atoms with Gasteiger partial charge >= 0.3 is 6.80 Å². The van der Waals surface area contributed by atoms with E-state index < -0.39 is 58.5 Å². The van der Waals surface area contributed by atoms with Gasteiger partial charge in [-0.15, -0.1) is 0 Å². The fraction of sp³-hybridized carbons (Fsp3) is 0.333. The highest BCUT2D eigenvalue weighted by Crippen LogP contribution is 2.57. The van der Waals surface area contributed by atoms with Gasteiger partial charge in [-0.2, -0.15) is 4.98 Å². The van der Waals surface area contributed by atoms with Crippen LogP contribution in [0.5, 0.6) is 0 Å². The van der Waals surface area contributed by atoms with Gasteiger partial charge in [0.2, 0.25) is 20.9 Å². The summed E-state index contributed by atoms with van der Waals surface area (Å²) in [7, 11) is -0.445. The van der Waals surface area contributed by atoms with E-state index in [1.165, 1.54) is 35.5 Å².